The Labute approximate surface area is 187 Å². The summed E-state index contributed by atoms with van der Waals surface area (Å²) in [7, 11) is 0. The zero-order chi connectivity index (χ0) is 23.6. The van der Waals surface area contributed by atoms with Gasteiger partial charge in [-0.3, -0.25) is 9.36 Å². The average molecular weight is 515 g/mol. The summed E-state index contributed by atoms with van der Waals surface area (Å²) in [6, 6.07) is 6.07. The summed E-state index contributed by atoms with van der Waals surface area (Å²) in [5.74, 6) is -3.80. The summed E-state index contributed by atoms with van der Waals surface area (Å²) in [6.45, 7) is 0.452. The number of benzene rings is 2. The van der Waals surface area contributed by atoms with Gasteiger partial charge in [0.05, 0.1) is 0 Å². The minimum Gasteiger partial charge on any atom is -0.487 e. The summed E-state index contributed by atoms with van der Waals surface area (Å²) in [6.07, 6.45) is -1.14. The molecule has 0 atom stereocenters. The molecule has 3 rings (SSSR count). The molecule has 11 heteroatoms. The Kier molecular flexibility index (Phi) is 6.87. The summed E-state index contributed by atoms with van der Waals surface area (Å²) in [5, 5.41) is 0. The summed E-state index contributed by atoms with van der Waals surface area (Å²) in [4.78, 5) is 23.6. The molecule has 0 unspecified atom stereocenters. The van der Waals surface area contributed by atoms with Gasteiger partial charge in [-0.2, -0.15) is 0 Å². The molecular formula is C21H15BrF4N2O4. The SMILES string of the molecule is Cc1cc(OCc2c(F)cc(F)cc2COC(N)=O)c(Br)c(=O)n1-c1c(F)cccc1F. The summed E-state index contributed by atoms with van der Waals surface area (Å²) >= 11 is 3.04. The lowest BCUT2D eigenvalue weighted by Gasteiger charge is -2.17. The van der Waals surface area contributed by atoms with Crippen LogP contribution in [0.5, 0.6) is 5.75 Å². The van der Waals surface area contributed by atoms with Gasteiger partial charge in [0.15, 0.2) is 0 Å². The Bertz CT molecular complexity index is 1240. The zero-order valence-electron chi connectivity index (χ0n) is 16.4. The number of nitrogens with zero attached hydrogens (tertiary/aromatic N) is 1. The van der Waals surface area contributed by atoms with Crippen molar-refractivity contribution in [3.8, 4) is 11.4 Å². The summed E-state index contributed by atoms with van der Waals surface area (Å²) < 4.78 is 67.0. The maximum absolute atomic E-state index is 14.3. The highest BCUT2D eigenvalue weighted by Gasteiger charge is 2.20. The van der Waals surface area contributed by atoms with Crippen molar-refractivity contribution in [2.75, 3.05) is 0 Å². The van der Waals surface area contributed by atoms with Crippen LogP contribution < -0.4 is 16.0 Å². The molecule has 0 aliphatic carbocycles. The number of para-hydroxylation sites is 1. The molecule has 0 aliphatic rings. The molecule has 0 saturated carbocycles. The smallest absolute Gasteiger partial charge is 0.404 e. The van der Waals surface area contributed by atoms with E-state index < -0.39 is 53.8 Å². The highest BCUT2D eigenvalue weighted by atomic mass is 79.9. The zero-order valence-corrected chi connectivity index (χ0v) is 18.0. The summed E-state index contributed by atoms with van der Waals surface area (Å²) in [5.41, 5.74) is 3.48. The van der Waals surface area contributed by atoms with E-state index in [2.05, 4.69) is 20.7 Å². The van der Waals surface area contributed by atoms with Crippen LogP contribution in [0.4, 0.5) is 22.4 Å². The van der Waals surface area contributed by atoms with Gasteiger partial charge in [0.2, 0.25) is 0 Å². The van der Waals surface area contributed by atoms with E-state index in [0.29, 0.717) is 6.07 Å². The van der Waals surface area contributed by atoms with Gasteiger partial charge in [-0.15, -0.1) is 0 Å². The predicted octanol–water partition coefficient (Wildman–Crippen LogP) is 4.64. The van der Waals surface area contributed by atoms with Gasteiger partial charge < -0.3 is 15.2 Å². The lowest BCUT2D eigenvalue weighted by molar-refractivity contribution is 0.149. The molecule has 32 heavy (non-hydrogen) atoms. The fourth-order valence-corrected chi connectivity index (χ4v) is 3.42. The van der Waals surface area contributed by atoms with Crippen LogP contribution in [0.2, 0.25) is 0 Å². The van der Waals surface area contributed by atoms with Crippen molar-refractivity contribution in [2.24, 2.45) is 5.73 Å². The first-order chi connectivity index (χ1) is 15.1. The monoisotopic (exact) mass is 514 g/mol. The van der Waals surface area contributed by atoms with Crippen LogP contribution >= 0.6 is 15.9 Å². The number of hydrogen-bond donors (Lipinski definition) is 1. The number of amides is 1. The molecule has 0 bridgehead atoms. The van der Waals surface area contributed by atoms with Crippen molar-refractivity contribution < 1.29 is 31.8 Å². The number of hydrogen-bond acceptors (Lipinski definition) is 4. The van der Waals surface area contributed by atoms with E-state index in [-0.39, 0.29) is 27.0 Å². The fraction of sp³-hybridized carbons (Fsp3) is 0.143. The lowest BCUT2D eigenvalue weighted by Crippen LogP contribution is -2.24. The molecule has 3 aromatic rings. The number of pyridine rings is 1. The number of primary amides is 1. The molecule has 1 aromatic heterocycles. The van der Waals surface area contributed by atoms with Crippen LogP contribution in [0.3, 0.4) is 0 Å². The van der Waals surface area contributed by atoms with Crippen LogP contribution in [0.25, 0.3) is 5.69 Å². The van der Waals surface area contributed by atoms with Gasteiger partial charge in [0, 0.05) is 29.0 Å². The Morgan fingerprint density at radius 2 is 1.72 bits per heavy atom. The molecule has 2 N–H and O–H groups in total. The molecule has 0 radical (unpaired) electrons. The Balaban J connectivity index is 1.97. The second-order valence-electron chi connectivity index (χ2n) is 6.60. The molecule has 168 valence electrons. The molecule has 0 spiro atoms. The van der Waals surface area contributed by atoms with Gasteiger partial charge in [0.1, 0.15) is 52.4 Å². The highest BCUT2D eigenvalue weighted by molar-refractivity contribution is 9.10. The second kappa shape index (κ2) is 9.43. The number of halogens is 5. The normalized spacial score (nSPS) is 10.8. The third kappa shape index (κ3) is 4.77. The van der Waals surface area contributed by atoms with E-state index in [1.54, 1.807) is 0 Å². The minimum atomic E-state index is -1.14. The van der Waals surface area contributed by atoms with Crippen LogP contribution in [0, 0.1) is 30.2 Å². The van der Waals surface area contributed by atoms with Gasteiger partial charge in [-0.1, -0.05) is 6.07 Å². The number of aryl methyl sites for hydroxylation is 1. The van der Waals surface area contributed by atoms with E-state index in [4.69, 9.17) is 10.5 Å². The number of carbonyl (C=O) groups excluding carboxylic acids is 1. The van der Waals surface area contributed by atoms with E-state index in [9.17, 15) is 27.2 Å². The number of nitrogens with two attached hydrogens (primary N) is 1. The van der Waals surface area contributed by atoms with Gasteiger partial charge in [-0.25, -0.2) is 22.4 Å². The first-order valence-corrected chi connectivity index (χ1v) is 9.77. The van der Waals surface area contributed by atoms with E-state index in [0.717, 1.165) is 28.8 Å². The van der Waals surface area contributed by atoms with Crippen molar-refractivity contribution in [1.82, 2.24) is 4.57 Å². The number of rotatable bonds is 6. The molecule has 1 heterocycles. The Morgan fingerprint density at radius 1 is 1.06 bits per heavy atom. The first kappa shape index (κ1) is 23.3. The maximum atomic E-state index is 14.3. The van der Waals surface area contributed by atoms with E-state index in [1.807, 2.05) is 0 Å². The third-order valence-corrected chi connectivity index (χ3v) is 5.19. The van der Waals surface area contributed by atoms with Gasteiger partial charge in [0.25, 0.3) is 5.56 Å². The van der Waals surface area contributed by atoms with Gasteiger partial charge >= 0.3 is 6.09 Å². The first-order valence-electron chi connectivity index (χ1n) is 8.98. The van der Waals surface area contributed by atoms with E-state index in [1.165, 1.54) is 13.0 Å². The molecule has 1 amide bonds. The quantitative estimate of drug-likeness (QED) is 0.485. The molecular weight excluding hydrogens is 500 g/mol. The van der Waals surface area contributed by atoms with Crippen molar-refractivity contribution in [1.29, 1.82) is 0 Å². The van der Waals surface area contributed by atoms with E-state index >= 15 is 0 Å². The van der Waals surface area contributed by atoms with Crippen molar-refractivity contribution in [2.45, 2.75) is 20.1 Å². The largest absolute Gasteiger partial charge is 0.487 e. The van der Waals surface area contributed by atoms with Crippen LogP contribution in [-0.2, 0) is 18.0 Å². The molecule has 0 saturated heterocycles. The van der Waals surface area contributed by atoms with Crippen molar-refractivity contribution in [3.63, 3.8) is 0 Å². The molecule has 0 aliphatic heterocycles. The highest BCUT2D eigenvalue weighted by Crippen LogP contribution is 2.28. The van der Waals surface area contributed by atoms with Crippen LogP contribution in [-0.4, -0.2) is 10.7 Å². The van der Waals surface area contributed by atoms with Crippen LogP contribution in [0.1, 0.15) is 16.8 Å². The number of aromatic nitrogens is 1. The van der Waals surface area contributed by atoms with Crippen molar-refractivity contribution in [3.05, 3.63) is 91.3 Å². The molecule has 2 aromatic carbocycles. The Hall–Kier alpha value is -3.34. The van der Waals surface area contributed by atoms with Crippen LogP contribution in [0.15, 0.2) is 45.7 Å². The maximum Gasteiger partial charge on any atom is 0.404 e. The minimum absolute atomic E-state index is 0.0316. The predicted molar refractivity (Wildman–Crippen MR) is 109 cm³/mol. The molecule has 0 fully saturated rings. The third-order valence-electron chi connectivity index (χ3n) is 4.46. The second-order valence-corrected chi connectivity index (χ2v) is 7.39. The fourth-order valence-electron chi connectivity index (χ4n) is 3.01. The lowest BCUT2D eigenvalue weighted by atomic mass is 10.1. The number of ether oxygens (including phenoxy) is 2. The molecule has 6 nitrogen and oxygen atoms in total. The average Bonchev–Trinajstić information content (AvgIpc) is 2.71. The van der Waals surface area contributed by atoms with Crippen molar-refractivity contribution >= 4 is 22.0 Å². The standard InChI is InChI=1S/C21H15BrF4N2O4/c1-10-5-17(18(22)20(29)28(10)19-14(24)3-2-4-15(19)25)31-9-13-11(8-32-21(27)30)6-12(23)7-16(13)26/h2-7H,8-9H2,1H3,(H2,27,30). The number of carbonyl (C=O) groups is 1. The van der Waals surface area contributed by atoms with Gasteiger partial charge in [-0.05, 0) is 41.1 Å². The topological polar surface area (TPSA) is 83.6 Å². The Morgan fingerprint density at radius 3 is 2.34 bits per heavy atom.